The lowest BCUT2D eigenvalue weighted by atomic mass is 9.88. The third-order valence-corrected chi connectivity index (χ3v) is 13.4. The summed E-state index contributed by atoms with van der Waals surface area (Å²) in [5.74, 6) is 0. The predicted molar refractivity (Wildman–Crippen MR) is 217 cm³/mol. The fourth-order valence-corrected chi connectivity index (χ4v) is 10.8. The molecule has 0 unspecified atom stereocenters. The molecule has 0 bridgehead atoms. The van der Waals surface area contributed by atoms with Crippen LogP contribution >= 0.6 is 7.14 Å². The molecule has 0 amide bonds. The van der Waals surface area contributed by atoms with Gasteiger partial charge in [0, 0.05) is 27.3 Å². The predicted octanol–water partition coefficient (Wildman–Crippen LogP) is 11.5. The van der Waals surface area contributed by atoms with Crippen molar-refractivity contribution in [2.24, 2.45) is 0 Å². The summed E-state index contributed by atoms with van der Waals surface area (Å²) < 4.78 is 15.2. The molecule has 2 aliphatic rings. The second kappa shape index (κ2) is 11.7. The number of anilines is 6. The summed E-state index contributed by atoms with van der Waals surface area (Å²) in [5.41, 5.74) is 9.44. The maximum Gasteiger partial charge on any atom is 0.171 e. The van der Waals surface area contributed by atoms with Crippen molar-refractivity contribution in [1.82, 2.24) is 0 Å². The molecule has 0 saturated carbocycles. The second-order valence-corrected chi connectivity index (χ2v) is 16.0. The minimum atomic E-state index is -3.10. The second-order valence-electron chi connectivity index (χ2n) is 13.3. The van der Waals surface area contributed by atoms with Gasteiger partial charge in [0.2, 0.25) is 0 Å². The van der Waals surface area contributed by atoms with E-state index in [2.05, 4.69) is 137 Å². The molecule has 4 heteroatoms. The molecule has 51 heavy (non-hydrogen) atoms. The van der Waals surface area contributed by atoms with Gasteiger partial charge in [0.05, 0.1) is 22.7 Å². The van der Waals surface area contributed by atoms with Crippen molar-refractivity contribution >= 4 is 84.8 Å². The third kappa shape index (κ3) is 4.63. The quantitative estimate of drug-likeness (QED) is 0.170. The Morgan fingerprint density at radius 3 is 1.80 bits per heavy atom. The SMILES string of the molecule is O=P(c1ccccc1)(c1ccccc1)c1ccc2cc(N3c4ccccc4N(c4ccccc4)c4cc5cccc6c5c(c43)CC=C6)ccc2c1. The molecule has 1 aliphatic carbocycles. The monoisotopic (exact) mass is 672 g/mol. The fourth-order valence-electron chi connectivity index (χ4n) is 8.10. The minimum absolute atomic E-state index is 0.836. The molecule has 0 atom stereocenters. The molecule has 3 nitrogen and oxygen atoms in total. The van der Waals surface area contributed by atoms with Crippen LogP contribution in [0.15, 0.2) is 182 Å². The average Bonchev–Trinajstić information content (AvgIpc) is 3.20. The van der Waals surface area contributed by atoms with Crippen LogP contribution in [0.2, 0.25) is 0 Å². The number of nitrogens with zero attached hydrogens (tertiary/aromatic N) is 2. The molecule has 1 aliphatic heterocycles. The van der Waals surface area contributed by atoms with Gasteiger partial charge in [-0.3, -0.25) is 0 Å². The van der Waals surface area contributed by atoms with E-state index in [0.717, 1.165) is 61.5 Å². The number of para-hydroxylation sites is 3. The molecule has 0 N–H and O–H groups in total. The summed E-state index contributed by atoms with van der Waals surface area (Å²) in [6.07, 6.45) is 5.40. The van der Waals surface area contributed by atoms with E-state index in [0.29, 0.717) is 0 Å². The molecule has 0 aromatic heterocycles. The van der Waals surface area contributed by atoms with E-state index in [-0.39, 0.29) is 0 Å². The van der Waals surface area contributed by atoms with Gasteiger partial charge in [0.15, 0.2) is 7.14 Å². The van der Waals surface area contributed by atoms with E-state index < -0.39 is 7.14 Å². The van der Waals surface area contributed by atoms with Crippen molar-refractivity contribution in [2.75, 3.05) is 9.80 Å². The maximum atomic E-state index is 15.2. The molecule has 10 rings (SSSR count). The average molecular weight is 673 g/mol. The summed E-state index contributed by atoms with van der Waals surface area (Å²) in [7, 11) is -3.10. The van der Waals surface area contributed by atoms with Gasteiger partial charge in [-0.15, -0.1) is 0 Å². The number of fused-ring (bicyclic) bond motifs is 4. The molecule has 1 heterocycles. The van der Waals surface area contributed by atoms with Crippen LogP contribution in [0.1, 0.15) is 11.1 Å². The number of hydrogen-bond acceptors (Lipinski definition) is 3. The Hall–Kier alpha value is -6.15. The van der Waals surface area contributed by atoms with E-state index in [9.17, 15) is 0 Å². The zero-order chi connectivity index (χ0) is 33.9. The molecule has 0 fully saturated rings. The van der Waals surface area contributed by atoms with Gasteiger partial charge in [-0.2, -0.15) is 0 Å². The van der Waals surface area contributed by atoms with Crippen LogP contribution in [0.5, 0.6) is 0 Å². The lowest BCUT2D eigenvalue weighted by molar-refractivity contribution is 0.592. The van der Waals surface area contributed by atoms with Crippen molar-refractivity contribution in [3.63, 3.8) is 0 Å². The normalized spacial score (nSPS) is 13.3. The molecule has 0 radical (unpaired) electrons. The molecular formula is C47H33N2OP. The first-order chi connectivity index (χ1) is 25.2. The highest BCUT2D eigenvalue weighted by Crippen LogP contribution is 2.57. The largest absolute Gasteiger partial charge is 0.309 e. The van der Waals surface area contributed by atoms with Crippen LogP contribution in [0.4, 0.5) is 34.1 Å². The number of hydrogen-bond donors (Lipinski definition) is 0. The van der Waals surface area contributed by atoms with Crippen LogP contribution in [-0.2, 0) is 11.0 Å². The van der Waals surface area contributed by atoms with Gasteiger partial charge in [-0.05, 0) is 87.6 Å². The van der Waals surface area contributed by atoms with Crippen molar-refractivity contribution in [3.05, 3.63) is 193 Å². The smallest absolute Gasteiger partial charge is 0.171 e. The lowest BCUT2D eigenvalue weighted by Gasteiger charge is -2.42. The zero-order valence-corrected chi connectivity index (χ0v) is 28.7. The molecule has 0 spiro atoms. The number of allylic oxidation sites excluding steroid dienone is 1. The van der Waals surface area contributed by atoms with Gasteiger partial charge in [0.25, 0.3) is 0 Å². The van der Waals surface area contributed by atoms with E-state index in [1.54, 1.807) is 0 Å². The van der Waals surface area contributed by atoms with E-state index >= 15 is 4.57 Å². The van der Waals surface area contributed by atoms with Crippen LogP contribution in [-0.4, -0.2) is 0 Å². The van der Waals surface area contributed by atoms with Crippen LogP contribution in [0.25, 0.3) is 27.6 Å². The van der Waals surface area contributed by atoms with Gasteiger partial charge < -0.3 is 14.4 Å². The number of rotatable bonds is 5. The maximum absolute atomic E-state index is 15.2. The Morgan fingerprint density at radius 2 is 1.08 bits per heavy atom. The summed E-state index contributed by atoms with van der Waals surface area (Å²) in [5, 5.41) is 7.24. The highest BCUT2D eigenvalue weighted by Gasteiger charge is 2.34. The molecule has 0 saturated heterocycles. The Balaban J connectivity index is 1.18. The van der Waals surface area contributed by atoms with E-state index in [1.165, 1.54) is 27.6 Å². The molecule has 8 aromatic rings. The topological polar surface area (TPSA) is 23.6 Å². The zero-order valence-electron chi connectivity index (χ0n) is 27.9. The lowest BCUT2D eigenvalue weighted by Crippen LogP contribution is -2.25. The number of benzene rings is 8. The van der Waals surface area contributed by atoms with Crippen molar-refractivity contribution in [3.8, 4) is 0 Å². The molecular weight excluding hydrogens is 640 g/mol. The van der Waals surface area contributed by atoms with Crippen LogP contribution in [0.3, 0.4) is 0 Å². The van der Waals surface area contributed by atoms with Crippen LogP contribution < -0.4 is 25.7 Å². The molecule has 8 aromatic carbocycles. The third-order valence-electron chi connectivity index (χ3n) is 10.4. The van der Waals surface area contributed by atoms with Gasteiger partial charge >= 0.3 is 0 Å². The highest BCUT2D eigenvalue weighted by molar-refractivity contribution is 7.85. The van der Waals surface area contributed by atoms with Gasteiger partial charge in [-0.25, -0.2) is 0 Å². The highest BCUT2D eigenvalue weighted by atomic mass is 31.2. The standard InChI is InChI=1S/C47H33N2OP/c50-51(39-19-6-2-7-20-39,40-21-8-3-9-22-40)41-29-27-34-30-38(28-26-35(34)31-41)49-44-25-11-10-24-43(44)48(37-17-4-1-5-18-37)45-32-36-16-12-14-33-15-13-23-42(46(33)36)47(45)49/h1-22,24-32H,23H2. The Morgan fingerprint density at radius 1 is 0.451 bits per heavy atom. The summed E-state index contributed by atoms with van der Waals surface area (Å²) in [4.78, 5) is 4.88. The van der Waals surface area contributed by atoms with Crippen molar-refractivity contribution < 1.29 is 4.57 Å². The van der Waals surface area contributed by atoms with Crippen molar-refractivity contribution in [2.45, 2.75) is 6.42 Å². The Kier molecular flexibility index (Phi) is 6.84. The van der Waals surface area contributed by atoms with Crippen LogP contribution in [0, 0.1) is 0 Å². The first-order valence-corrected chi connectivity index (χ1v) is 19.1. The Bertz CT molecular complexity index is 2660. The summed E-state index contributed by atoms with van der Waals surface area (Å²) in [6, 6.07) is 61.2. The molecule has 242 valence electrons. The first-order valence-electron chi connectivity index (χ1n) is 17.4. The minimum Gasteiger partial charge on any atom is -0.309 e. The van der Waals surface area contributed by atoms with Gasteiger partial charge in [-0.1, -0.05) is 140 Å². The van der Waals surface area contributed by atoms with Gasteiger partial charge in [0.1, 0.15) is 0 Å². The summed E-state index contributed by atoms with van der Waals surface area (Å²) in [6.45, 7) is 0. The summed E-state index contributed by atoms with van der Waals surface area (Å²) >= 11 is 0. The fraction of sp³-hybridized carbons (Fsp3) is 0.0213. The van der Waals surface area contributed by atoms with Crippen molar-refractivity contribution in [1.29, 1.82) is 0 Å². The van der Waals surface area contributed by atoms with E-state index in [4.69, 9.17) is 0 Å². The Labute approximate surface area is 297 Å². The first kappa shape index (κ1) is 29.7. The van der Waals surface area contributed by atoms with E-state index in [1.807, 2.05) is 60.7 Å².